The molecule has 2 aliphatic rings. The molecule has 1 aromatic heterocycles. The van der Waals surface area contributed by atoms with Crippen molar-refractivity contribution < 1.29 is 4.21 Å². The number of nitrogens with zero attached hydrogens (tertiary/aromatic N) is 3. The highest BCUT2D eigenvalue weighted by atomic mass is 32.2. The third-order valence-electron chi connectivity index (χ3n) is 7.60. The molecule has 37 heavy (non-hydrogen) atoms. The first kappa shape index (κ1) is 25.6. The fourth-order valence-electron chi connectivity index (χ4n) is 5.57. The van der Waals surface area contributed by atoms with Gasteiger partial charge in [-0.3, -0.25) is 4.98 Å². The molecule has 0 bridgehead atoms. The lowest BCUT2D eigenvalue weighted by atomic mass is 9.97. The number of pyridine rings is 1. The summed E-state index contributed by atoms with van der Waals surface area (Å²) in [5.41, 5.74) is 13.4. The number of aryl methyl sites for hydroxylation is 1. The average molecular weight is 517 g/mol. The van der Waals surface area contributed by atoms with Crippen molar-refractivity contribution >= 4 is 39.5 Å². The molecule has 0 saturated carbocycles. The van der Waals surface area contributed by atoms with Gasteiger partial charge in [0, 0.05) is 55.9 Å². The van der Waals surface area contributed by atoms with Crippen LogP contribution in [0.15, 0.2) is 53.6 Å². The molecule has 2 aromatic carbocycles. The van der Waals surface area contributed by atoms with Gasteiger partial charge in [-0.25, -0.2) is 8.51 Å². The predicted octanol–water partition coefficient (Wildman–Crippen LogP) is 4.01. The standard InChI is InChI=1S/C29H36N6OS/c1-20-15-23(27(31)5-10-30)17-26-28(8-13-33-29(20)26)35-14-9-22-3-4-25(16-24(22)19-35)37(36)34(2)18-21-6-11-32-12-7-21/h3-5,8,10,13,15-17,21,30,32H,6-7,9,11-12,14,18-19,31H2,1-2H3/b27-5-,30-10?. The zero-order valence-corrected chi connectivity index (χ0v) is 22.5. The molecule has 0 radical (unpaired) electrons. The van der Waals surface area contributed by atoms with Crippen LogP contribution < -0.4 is 16.0 Å². The van der Waals surface area contributed by atoms with Crippen LogP contribution in [0, 0.1) is 18.3 Å². The lowest BCUT2D eigenvalue weighted by molar-refractivity contribution is 0.318. The van der Waals surface area contributed by atoms with Crippen molar-refractivity contribution in [3.63, 3.8) is 0 Å². The second-order valence-corrected chi connectivity index (χ2v) is 11.8. The highest BCUT2D eigenvalue weighted by Gasteiger charge is 2.23. The van der Waals surface area contributed by atoms with Gasteiger partial charge in [-0.15, -0.1) is 0 Å². The Morgan fingerprint density at radius 2 is 2.05 bits per heavy atom. The molecule has 194 valence electrons. The maximum atomic E-state index is 13.4. The van der Waals surface area contributed by atoms with E-state index in [0.29, 0.717) is 11.6 Å². The number of piperidine rings is 1. The minimum absolute atomic E-state index is 0.569. The van der Waals surface area contributed by atoms with Crippen LogP contribution in [0.4, 0.5) is 5.69 Å². The van der Waals surface area contributed by atoms with E-state index in [2.05, 4.69) is 39.5 Å². The van der Waals surface area contributed by atoms with Gasteiger partial charge in [0.2, 0.25) is 0 Å². The minimum atomic E-state index is -1.17. The molecule has 0 amide bonds. The van der Waals surface area contributed by atoms with E-state index in [1.54, 1.807) is 6.08 Å². The largest absolute Gasteiger partial charge is 0.398 e. The number of aromatic nitrogens is 1. The zero-order valence-electron chi connectivity index (χ0n) is 21.7. The molecule has 1 unspecified atom stereocenters. The van der Waals surface area contributed by atoms with E-state index in [0.717, 1.165) is 84.6 Å². The first-order valence-electron chi connectivity index (χ1n) is 13.0. The monoisotopic (exact) mass is 516 g/mol. The van der Waals surface area contributed by atoms with Crippen molar-refractivity contribution in [1.82, 2.24) is 14.6 Å². The molecule has 5 rings (SSSR count). The molecule has 0 aliphatic carbocycles. The normalized spacial score (nSPS) is 17.7. The van der Waals surface area contributed by atoms with E-state index in [4.69, 9.17) is 11.1 Å². The number of allylic oxidation sites excluding steroid dienone is 1. The highest BCUT2D eigenvalue weighted by Crippen LogP contribution is 2.33. The van der Waals surface area contributed by atoms with Crippen molar-refractivity contribution in [1.29, 1.82) is 5.41 Å². The highest BCUT2D eigenvalue weighted by molar-refractivity contribution is 7.82. The molecular weight excluding hydrogens is 480 g/mol. The van der Waals surface area contributed by atoms with Gasteiger partial charge in [0.05, 0.1) is 10.4 Å². The van der Waals surface area contributed by atoms with Gasteiger partial charge in [-0.05, 0) is 104 Å². The third kappa shape index (κ3) is 5.46. The van der Waals surface area contributed by atoms with Crippen molar-refractivity contribution in [3.8, 4) is 0 Å². The van der Waals surface area contributed by atoms with E-state index in [1.807, 2.05) is 36.6 Å². The Hall–Kier alpha value is -3.07. The van der Waals surface area contributed by atoms with Crippen LogP contribution in [0.1, 0.15) is 35.1 Å². The van der Waals surface area contributed by atoms with Crippen LogP contribution in [0.3, 0.4) is 0 Å². The van der Waals surface area contributed by atoms with E-state index < -0.39 is 11.0 Å². The Labute approximate surface area is 221 Å². The molecule has 0 spiro atoms. The summed E-state index contributed by atoms with van der Waals surface area (Å²) in [5.74, 6) is 0.597. The number of anilines is 1. The van der Waals surface area contributed by atoms with Crippen LogP contribution in [-0.4, -0.2) is 52.9 Å². The number of hydrogen-bond acceptors (Lipinski definition) is 6. The molecule has 8 heteroatoms. The maximum Gasteiger partial charge on any atom is 0.127 e. The Bertz CT molecular complexity index is 1360. The van der Waals surface area contributed by atoms with Crippen molar-refractivity contribution in [3.05, 3.63) is 70.9 Å². The number of benzene rings is 2. The van der Waals surface area contributed by atoms with Crippen molar-refractivity contribution in [2.75, 3.05) is 38.1 Å². The Kier molecular flexibility index (Phi) is 7.69. The Balaban J connectivity index is 1.41. The summed E-state index contributed by atoms with van der Waals surface area (Å²) >= 11 is 0. The van der Waals surface area contributed by atoms with E-state index in [1.165, 1.54) is 17.3 Å². The van der Waals surface area contributed by atoms with E-state index in [9.17, 15) is 4.21 Å². The molecule has 2 aliphatic heterocycles. The number of nitrogens with one attached hydrogen (secondary N) is 2. The number of hydrogen-bond donors (Lipinski definition) is 3. The van der Waals surface area contributed by atoms with Gasteiger partial charge in [0.1, 0.15) is 11.0 Å². The van der Waals surface area contributed by atoms with Gasteiger partial charge in [-0.2, -0.15) is 0 Å². The molecule has 7 nitrogen and oxygen atoms in total. The summed E-state index contributed by atoms with van der Waals surface area (Å²) in [4.78, 5) is 7.91. The third-order valence-corrected chi connectivity index (χ3v) is 8.97. The van der Waals surface area contributed by atoms with Crippen molar-refractivity contribution in [2.45, 2.75) is 37.6 Å². The van der Waals surface area contributed by atoms with Crippen LogP contribution in [0.25, 0.3) is 16.6 Å². The van der Waals surface area contributed by atoms with Gasteiger partial charge >= 0.3 is 0 Å². The average Bonchev–Trinajstić information content (AvgIpc) is 2.92. The summed E-state index contributed by atoms with van der Waals surface area (Å²) in [5, 5.41) is 11.8. The molecule has 1 saturated heterocycles. The second kappa shape index (κ2) is 11.1. The predicted molar refractivity (Wildman–Crippen MR) is 153 cm³/mol. The van der Waals surface area contributed by atoms with Crippen LogP contribution >= 0.6 is 0 Å². The number of rotatable bonds is 7. The van der Waals surface area contributed by atoms with Crippen LogP contribution in [0.5, 0.6) is 0 Å². The molecule has 3 heterocycles. The summed E-state index contributed by atoms with van der Waals surface area (Å²) in [6.07, 6.45) is 7.92. The Morgan fingerprint density at radius 3 is 2.84 bits per heavy atom. The molecule has 4 N–H and O–H groups in total. The lowest BCUT2D eigenvalue weighted by Gasteiger charge is -2.32. The summed E-state index contributed by atoms with van der Waals surface area (Å²) in [6, 6.07) is 12.5. The smallest absolute Gasteiger partial charge is 0.127 e. The van der Waals surface area contributed by atoms with Gasteiger partial charge in [-0.1, -0.05) is 6.07 Å². The van der Waals surface area contributed by atoms with E-state index in [-0.39, 0.29) is 0 Å². The number of nitrogens with two attached hydrogens (primary N) is 1. The minimum Gasteiger partial charge on any atom is -0.398 e. The van der Waals surface area contributed by atoms with E-state index >= 15 is 0 Å². The Morgan fingerprint density at radius 1 is 1.24 bits per heavy atom. The summed E-state index contributed by atoms with van der Waals surface area (Å²) in [7, 11) is 0.804. The van der Waals surface area contributed by atoms with Gasteiger partial charge in [0.25, 0.3) is 0 Å². The summed E-state index contributed by atoms with van der Waals surface area (Å²) in [6.45, 7) is 6.67. The molecule has 1 fully saturated rings. The number of fused-ring (bicyclic) bond motifs is 2. The van der Waals surface area contributed by atoms with Crippen LogP contribution in [-0.2, 0) is 24.0 Å². The maximum absolute atomic E-state index is 13.4. The summed E-state index contributed by atoms with van der Waals surface area (Å²) < 4.78 is 15.4. The fraction of sp³-hybridized carbons (Fsp3) is 0.379. The van der Waals surface area contributed by atoms with Gasteiger partial charge < -0.3 is 21.4 Å². The SMILES string of the molecule is Cc1cc(/C(N)=C/C=N)cc2c(N3CCc4ccc(S(=O)N(C)CC5CCNCC5)cc4C3)ccnc12. The molecule has 3 aromatic rings. The second-order valence-electron chi connectivity index (χ2n) is 10.2. The quantitative estimate of drug-likeness (QED) is 0.412. The van der Waals surface area contributed by atoms with Gasteiger partial charge in [0.15, 0.2) is 0 Å². The van der Waals surface area contributed by atoms with Crippen LogP contribution in [0.2, 0.25) is 0 Å². The first-order valence-corrected chi connectivity index (χ1v) is 14.1. The zero-order chi connectivity index (χ0) is 25.9. The topological polar surface area (TPSA) is 98.3 Å². The fourth-order valence-corrected chi connectivity index (χ4v) is 6.70. The lowest BCUT2D eigenvalue weighted by Crippen LogP contribution is -2.35. The molecular formula is C29H36N6OS. The molecule has 1 atom stereocenters. The van der Waals surface area contributed by atoms with Crippen molar-refractivity contribution in [2.24, 2.45) is 11.7 Å². The first-order chi connectivity index (χ1) is 17.9.